The van der Waals surface area contributed by atoms with Gasteiger partial charge in [-0.1, -0.05) is 6.07 Å². The van der Waals surface area contributed by atoms with E-state index in [4.69, 9.17) is 12.2 Å². The zero-order chi connectivity index (χ0) is 16.4. The molecule has 1 saturated carbocycles. The Kier molecular flexibility index (Phi) is 4.56. The summed E-state index contributed by atoms with van der Waals surface area (Å²) in [5.74, 6) is 1.38. The first-order chi connectivity index (χ1) is 11.1. The Labute approximate surface area is 140 Å². The smallest absolute Gasteiger partial charge is 0.223 e. The van der Waals surface area contributed by atoms with Crippen molar-refractivity contribution in [1.29, 1.82) is 0 Å². The van der Waals surface area contributed by atoms with Crippen LogP contribution in [-0.2, 0) is 11.2 Å². The highest BCUT2D eigenvalue weighted by molar-refractivity contribution is 7.71. The van der Waals surface area contributed by atoms with E-state index in [9.17, 15) is 4.79 Å². The van der Waals surface area contributed by atoms with Crippen molar-refractivity contribution in [3.63, 3.8) is 0 Å². The largest absolute Gasteiger partial charge is 0.355 e. The van der Waals surface area contributed by atoms with Gasteiger partial charge in [-0.05, 0) is 50.0 Å². The molecule has 122 valence electrons. The first-order valence-corrected chi connectivity index (χ1v) is 8.32. The van der Waals surface area contributed by atoms with Crippen LogP contribution in [0.5, 0.6) is 0 Å². The minimum Gasteiger partial charge on any atom is -0.355 e. The third-order valence-corrected chi connectivity index (χ3v) is 4.47. The molecule has 0 aromatic carbocycles. The first-order valence-electron chi connectivity index (χ1n) is 7.91. The molecule has 1 aliphatic carbocycles. The maximum absolute atomic E-state index is 12.2. The molecule has 2 atom stereocenters. The van der Waals surface area contributed by atoms with Gasteiger partial charge < -0.3 is 9.88 Å². The Morgan fingerprint density at radius 1 is 1.57 bits per heavy atom. The van der Waals surface area contributed by atoms with Crippen LogP contribution in [0.2, 0.25) is 0 Å². The Hall–Kier alpha value is -2.02. The van der Waals surface area contributed by atoms with E-state index in [2.05, 4.69) is 34.3 Å². The zero-order valence-electron chi connectivity index (χ0n) is 13.3. The van der Waals surface area contributed by atoms with Crippen LogP contribution >= 0.6 is 12.2 Å². The van der Waals surface area contributed by atoms with Crippen molar-refractivity contribution in [2.24, 2.45) is 5.92 Å². The topological polar surface area (TPSA) is 75.6 Å². The molecule has 0 unspecified atom stereocenters. The normalized spacial score (nSPS) is 19.8. The molecule has 3 rings (SSSR count). The maximum Gasteiger partial charge on any atom is 0.223 e. The number of hydrogen-bond donors (Lipinski definition) is 2. The van der Waals surface area contributed by atoms with Gasteiger partial charge >= 0.3 is 0 Å². The number of rotatable bonds is 6. The minimum absolute atomic E-state index is 0.0742. The van der Waals surface area contributed by atoms with Crippen LogP contribution < -0.4 is 5.32 Å². The molecule has 1 fully saturated rings. The number of aromatic amines is 1. The molecule has 23 heavy (non-hydrogen) atoms. The molecular formula is C16H21N5OS. The van der Waals surface area contributed by atoms with E-state index in [-0.39, 0.29) is 17.9 Å². The highest BCUT2D eigenvalue weighted by Gasteiger charge is 2.43. The summed E-state index contributed by atoms with van der Waals surface area (Å²) in [4.78, 5) is 16.3. The lowest BCUT2D eigenvalue weighted by Crippen LogP contribution is -2.28. The van der Waals surface area contributed by atoms with Crippen molar-refractivity contribution < 1.29 is 4.79 Å². The number of carbonyl (C=O) groups excluding carboxylic acids is 1. The molecule has 2 aromatic heterocycles. The van der Waals surface area contributed by atoms with Gasteiger partial charge in [0.25, 0.3) is 0 Å². The fourth-order valence-electron chi connectivity index (χ4n) is 2.92. The van der Waals surface area contributed by atoms with Gasteiger partial charge in [0.2, 0.25) is 5.91 Å². The molecular weight excluding hydrogens is 310 g/mol. The second-order valence-corrected chi connectivity index (χ2v) is 6.57. The summed E-state index contributed by atoms with van der Waals surface area (Å²) in [7, 11) is 0. The summed E-state index contributed by atoms with van der Waals surface area (Å²) < 4.78 is 2.61. The number of nitrogens with one attached hydrogen (secondary N) is 2. The number of H-pyrrole nitrogens is 1. The van der Waals surface area contributed by atoms with Crippen LogP contribution in [-0.4, -0.2) is 32.2 Å². The van der Waals surface area contributed by atoms with Gasteiger partial charge in [0, 0.05) is 37.3 Å². The van der Waals surface area contributed by atoms with Gasteiger partial charge in [-0.15, -0.1) is 0 Å². The van der Waals surface area contributed by atoms with Gasteiger partial charge in [-0.25, -0.2) is 0 Å². The van der Waals surface area contributed by atoms with Gasteiger partial charge in [-0.3, -0.25) is 14.9 Å². The summed E-state index contributed by atoms with van der Waals surface area (Å²) in [6, 6.07) is 4.20. The molecule has 1 amide bonds. The van der Waals surface area contributed by atoms with Crippen molar-refractivity contribution >= 4 is 18.1 Å². The predicted molar refractivity (Wildman–Crippen MR) is 89.6 cm³/mol. The van der Waals surface area contributed by atoms with Gasteiger partial charge in [0.1, 0.15) is 5.82 Å². The van der Waals surface area contributed by atoms with Crippen LogP contribution in [0.4, 0.5) is 0 Å². The third-order valence-electron chi connectivity index (χ3n) is 4.18. The molecule has 2 aromatic rings. The van der Waals surface area contributed by atoms with E-state index in [0.29, 0.717) is 23.7 Å². The summed E-state index contributed by atoms with van der Waals surface area (Å²) in [5, 5.41) is 10.1. The number of amides is 1. The van der Waals surface area contributed by atoms with E-state index >= 15 is 0 Å². The predicted octanol–water partition coefficient (Wildman–Crippen LogP) is 2.38. The van der Waals surface area contributed by atoms with Crippen molar-refractivity contribution in [3.05, 3.63) is 40.7 Å². The molecule has 0 aliphatic heterocycles. The highest BCUT2D eigenvalue weighted by atomic mass is 32.1. The molecule has 2 N–H and O–H groups in total. The molecule has 0 spiro atoms. The number of nitrogens with zero attached hydrogens (tertiary/aromatic N) is 3. The van der Waals surface area contributed by atoms with E-state index in [1.165, 1.54) is 0 Å². The summed E-state index contributed by atoms with van der Waals surface area (Å²) >= 11 is 5.22. The highest BCUT2D eigenvalue weighted by Crippen LogP contribution is 2.47. The first kappa shape index (κ1) is 15.9. The van der Waals surface area contributed by atoms with Crippen LogP contribution in [0, 0.1) is 10.7 Å². The summed E-state index contributed by atoms with van der Waals surface area (Å²) in [5.41, 5.74) is 1.15. The Morgan fingerprint density at radius 3 is 3.09 bits per heavy atom. The average molecular weight is 331 g/mol. The quantitative estimate of drug-likeness (QED) is 0.797. The van der Waals surface area contributed by atoms with Crippen molar-refractivity contribution in [1.82, 2.24) is 25.1 Å². The van der Waals surface area contributed by atoms with Gasteiger partial charge in [0.15, 0.2) is 4.77 Å². The zero-order valence-corrected chi connectivity index (χ0v) is 14.1. The molecule has 6 nitrogen and oxygen atoms in total. The van der Waals surface area contributed by atoms with Crippen molar-refractivity contribution in [2.75, 3.05) is 6.54 Å². The average Bonchev–Trinajstić information content (AvgIpc) is 3.26. The fourth-order valence-corrected chi connectivity index (χ4v) is 3.29. The maximum atomic E-state index is 12.2. The standard InChI is InChI=1S/C16H21N5OS/c1-10(2)21-14(19-20-16(21)23)5-7-18-15(22)13-8-12(13)11-4-3-6-17-9-11/h3-4,6,9-10,12-13H,5,7-8H2,1-2H3,(H,18,22)(H,20,23)/t12-,13+/m0/s1. The third kappa shape index (κ3) is 3.50. The van der Waals surface area contributed by atoms with Gasteiger partial charge in [-0.2, -0.15) is 5.10 Å². The van der Waals surface area contributed by atoms with Crippen LogP contribution in [0.3, 0.4) is 0 Å². The number of pyridine rings is 1. The molecule has 0 saturated heterocycles. The SMILES string of the molecule is CC(C)n1c(CCNC(=O)[C@@H]2C[C@H]2c2cccnc2)n[nH]c1=S. The van der Waals surface area contributed by atoms with Crippen LogP contribution in [0.25, 0.3) is 0 Å². The lowest BCUT2D eigenvalue weighted by atomic mass is 10.1. The summed E-state index contributed by atoms with van der Waals surface area (Å²) in [6.45, 7) is 4.70. The Balaban J connectivity index is 1.51. The van der Waals surface area contributed by atoms with E-state index in [0.717, 1.165) is 17.8 Å². The summed E-state index contributed by atoms with van der Waals surface area (Å²) in [6.07, 6.45) is 5.17. The number of carbonyl (C=O) groups is 1. The molecule has 1 aliphatic rings. The van der Waals surface area contributed by atoms with Crippen LogP contribution in [0.15, 0.2) is 24.5 Å². The monoisotopic (exact) mass is 331 g/mol. The van der Waals surface area contributed by atoms with Crippen molar-refractivity contribution in [3.8, 4) is 0 Å². The van der Waals surface area contributed by atoms with Crippen LogP contribution in [0.1, 0.15) is 43.6 Å². The molecule has 0 radical (unpaired) electrons. The van der Waals surface area contributed by atoms with E-state index in [1.807, 2.05) is 22.9 Å². The van der Waals surface area contributed by atoms with E-state index in [1.54, 1.807) is 6.20 Å². The van der Waals surface area contributed by atoms with Crippen molar-refractivity contribution in [2.45, 2.75) is 38.6 Å². The second-order valence-electron chi connectivity index (χ2n) is 6.18. The van der Waals surface area contributed by atoms with E-state index < -0.39 is 0 Å². The number of hydrogen-bond acceptors (Lipinski definition) is 4. The Morgan fingerprint density at radius 2 is 2.39 bits per heavy atom. The molecule has 2 heterocycles. The lowest BCUT2D eigenvalue weighted by molar-refractivity contribution is -0.122. The second kappa shape index (κ2) is 6.62. The minimum atomic E-state index is 0.0742. The molecule has 7 heteroatoms. The number of aromatic nitrogens is 4. The van der Waals surface area contributed by atoms with Gasteiger partial charge in [0.05, 0.1) is 0 Å². The fraction of sp³-hybridized carbons (Fsp3) is 0.500. The molecule has 0 bridgehead atoms. The lowest BCUT2D eigenvalue weighted by Gasteiger charge is -2.10. The Bertz CT molecular complexity index is 736.